The summed E-state index contributed by atoms with van der Waals surface area (Å²) >= 11 is 0. The molecule has 4 aromatic heterocycles. The molecule has 0 atom stereocenters. The van der Waals surface area contributed by atoms with Gasteiger partial charge in [0.05, 0.1) is 22.6 Å². The molecule has 0 saturated carbocycles. The number of furan rings is 1. The zero-order valence-corrected chi connectivity index (χ0v) is 33.5. The highest BCUT2D eigenvalue weighted by atomic mass is 16.3. The minimum Gasteiger partial charge on any atom is -0.455 e. The first-order chi connectivity index (χ1) is 30.8. The molecular formula is C57H36N4O. The Hall–Kier alpha value is -8.41. The van der Waals surface area contributed by atoms with E-state index in [0.717, 1.165) is 111 Å². The maximum Gasteiger partial charge on any atom is 0.160 e. The van der Waals surface area contributed by atoms with E-state index in [2.05, 4.69) is 187 Å². The molecule has 0 saturated heterocycles. The van der Waals surface area contributed by atoms with E-state index < -0.39 is 0 Å². The minimum absolute atomic E-state index is 0.653. The highest BCUT2D eigenvalue weighted by molar-refractivity contribution is 6.15. The number of hydrogen-bond acceptors (Lipinski definition) is 4. The van der Waals surface area contributed by atoms with Crippen LogP contribution in [0.1, 0.15) is 0 Å². The quantitative estimate of drug-likeness (QED) is 0.161. The number of rotatable bonds is 7. The van der Waals surface area contributed by atoms with E-state index in [1.807, 2.05) is 36.4 Å². The molecule has 0 radical (unpaired) electrons. The summed E-state index contributed by atoms with van der Waals surface area (Å²) in [5.41, 5.74) is 15.8. The number of para-hydroxylation sites is 2. The fraction of sp³-hybridized carbons (Fsp3) is 0. The molecule has 5 heteroatoms. The summed E-state index contributed by atoms with van der Waals surface area (Å²) < 4.78 is 8.69. The van der Waals surface area contributed by atoms with Crippen LogP contribution in [0.3, 0.4) is 0 Å². The Morgan fingerprint density at radius 1 is 0.371 bits per heavy atom. The molecular weight excluding hydrogens is 757 g/mol. The average molecular weight is 793 g/mol. The zero-order valence-electron chi connectivity index (χ0n) is 33.5. The van der Waals surface area contributed by atoms with Gasteiger partial charge in [-0.3, -0.25) is 0 Å². The van der Waals surface area contributed by atoms with Gasteiger partial charge >= 0.3 is 0 Å². The van der Waals surface area contributed by atoms with E-state index >= 15 is 0 Å². The number of hydrogen-bond donors (Lipinski definition) is 0. The molecule has 0 aliphatic rings. The summed E-state index contributed by atoms with van der Waals surface area (Å²) in [7, 11) is 0. The lowest BCUT2D eigenvalue weighted by Crippen LogP contribution is -2.00. The van der Waals surface area contributed by atoms with Crippen LogP contribution in [-0.2, 0) is 0 Å². The van der Waals surface area contributed by atoms with Crippen LogP contribution in [0, 0.1) is 0 Å². The van der Waals surface area contributed by atoms with Crippen LogP contribution in [0.5, 0.6) is 0 Å². The Kier molecular flexibility index (Phi) is 8.42. The Balaban J connectivity index is 1.08. The smallest absolute Gasteiger partial charge is 0.160 e. The first kappa shape index (κ1) is 35.5. The molecule has 0 aliphatic heterocycles. The second-order valence-electron chi connectivity index (χ2n) is 15.5. The molecule has 62 heavy (non-hydrogen) atoms. The molecule has 0 amide bonds. The SMILES string of the molecule is c1ccc(-c2nc(-c3ccc(-c4c(-c5ccccc5)n5nc(-c6ccccc6)c(-c6ccccc6)c5c5ccccc45)cc3)cc(-c3cccc4c3oc3ccccc34)n2)cc1. The molecule has 0 unspecified atom stereocenters. The summed E-state index contributed by atoms with van der Waals surface area (Å²) in [6, 6.07) is 76.1. The number of aromatic nitrogens is 4. The third kappa shape index (κ3) is 5.90. The van der Waals surface area contributed by atoms with E-state index in [9.17, 15) is 0 Å². The van der Waals surface area contributed by atoms with Crippen molar-refractivity contribution in [2.24, 2.45) is 0 Å². The van der Waals surface area contributed by atoms with Gasteiger partial charge in [0.2, 0.25) is 0 Å². The van der Waals surface area contributed by atoms with Gasteiger partial charge in [0.15, 0.2) is 5.82 Å². The van der Waals surface area contributed by atoms with Gasteiger partial charge in [0.25, 0.3) is 0 Å². The molecule has 8 aromatic carbocycles. The lowest BCUT2D eigenvalue weighted by atomic mass is 9.91. The van der Waals surface area contributed by atoms with E-state index in [4.69, 9.17) is 19.5 Å². The van der Waals surface area contributed by atoms with Gasteiger partial charge in [-0.25, -0.2) is 14.5 Å². The van der Waals surface area contributed by atoms with Crippen LogP contribution >= 0.6 is 0 Å². The highest BCUT2D eigenvalue weighted by Gasteiger charge is 2.25. The summed E-state index contributed by atoms with van der Waals surface area (Å²) in [5, 5.41) is 9.97. The van der Waals surface area contributed by atoms with Gasteiger partial charge < -0.3 is 4.42 Å². The second kappa shape index (κ2) is 14.7. The summed E-state index contributed by atoms with van der Waals surface area (Å²) in [4.78, 5) is 10.4. The van der Waals surface area contributed by atoms with Gasteiger partial charge in [0, 0.05) is 55.1 Å². The third-order valence-electron chi connectivity index (χ3n) is 11.9. The van der Waals surface area contributed by atoms with Gasteiger partial charge in [-0.05, 0) is 34.7 Å². The second-order valence-corrected chi connectivity index (χ2v) is 15.5. The van der Waals surface area contributed by atoms with Gasteiger partial charge in [-0.1, -0.05) is 200 Å². The maximum atomic E-state index is 6.50. The van der Waals surface area contributed by atoms with Crippen LogP contribution in [0.15, 0.2) is 223 Å². The molecule has 5 nitrogen and oxygen atoms in total. The molecule has 12 rings (SSSR count). The maximum absolute atomic E-state index is 6.50. The predicted octanol–water partition coefficient (Wildman–Crippen LogP) is 14.8. The Bertz CT molecular complexity index is 3600. The third-order valence-corrected chi connectivity index (χ3v) is 11.9. The Morgan fingerprint density at radius 3 is 1.61 bits per heavy atom. The monoisotopic (exact) mass is 792 g/mol. The van der Waals surface area contributed by atoms with Crippen molar-refractivity contribution in [3.8, 4) is 78.7 Å². The predicted molar refractivity (Wildman–Crippen MR) is 254 cm³/mol. The molecule has 4 heterocycles. The number of pyridine rings is 1. The van der Waals surface area contributed by atoms with Crippen molar-refractivity contribution in [3.05, 3.63) is 218 Å². The van der Waals surface area contributed by atoms with Crippen molar-refractivity contribution in [1.82, 2.24) is 19.6 Å². The summed E-state index contributed by atoms with van der Waals surface area (Å²) in [5.74, 6) is 0.653. The van der Waals surface area contributed by atoms with E-state index in [1.165, 1.54) is 0 Å². The van der Waals surface area contributed by atoms with Crippen molar-refractivity contribution in [3.63, 3.8) is 0 Å². The Morgan fingerprint density at radius 2 is 0.903 bits per heavy atom. The van der Waals surface area contributed by atoms with Crippen LogP contribution < -0.4 is 0 Å². The largest absolute Gasteiger partial charge is 0.455 e. The van der Waals surface area contributed by atoms with Crippen LogP contribution in [0.4, 0.5) is 0 Å². The fourth-order valence-corrected chi connectivity index (χ4v) is 9.01. The van der Waals surface area contributed by atoms with E-state index in [1.54, 1.807) is 0 Å². The van der Waals surface area contributed by atoms with E-state index in [0.29, 0.717) is 5.82 Å². The summed E-state index contributed by atoms with van der Waals surface area (Å²) in [6.07, 6.45) is 0. The van der Waals surface area contributed by atoms with Crippen LogP contribution in [0.2, 0.25) is 0 Å². The molecule has 0 fully saturated rings. The lowest BCUT2D eigenvalue weighted by Gasteiger charge is -2.18. The van der Waals surface area contributed by atoms with E-state index in [-0.39, 0.29) is 0 Å². The molecule has 12 aromatic rings. The highest BCUT2D eigenvalue weighted by Crippen LogP contribution is 2.46. The lowest BCUT2D eigenvalue weighted by molar-refractivity contribution is 0.670. The molecule has 0 bridgehead atoms. The number of benzene rings is 8. The first-order valence-corrected chi connectivity index (χ1v) is 20.9. The minimum atomic E-state index is 0.653. The standard InChI is InChI=1S/C57H36N4O/c1-5-18-38(19-6-1)52-53(40-20-7-2-8-21-40)60-61-54(41-22-9-3-10-23-41)51(44-27-13-14-28-45(44)55(52)61)39-34-32-37(33-35-39)48-36-49(59-57(58-48)42-24-11-4-12-25-42)47-30-17-29-46-43-26-15-16-31-50(43)62-56(46)47/h1-36H. The molecule has 0 spiro atoms. The molecule has 0 N–H and O–H groups in total. The molecule has 0 aliphatic carbocycles. The normalized spacial score (nSPS) is 11.5. The van der Waals surface area contributed by atoms with Crippen molar-refractivity contribution in [2.45, 2.75) is 0 Å². The summed E-state index contributed by atoms with van der Waals surface area (Å²) in [6.45, 7) is 0. The van der Waals surface area contributed by atoms with Gasteiger partial charge in [0.1, 0.15) is 16.9 Å². The van der Waals surface area contributed by atoms with Gasteiger partial charge in [-0.2, -0.15) is 5.10 Å². The van der Waals surface area contributed by atoms with Crippen LogP contribution in [0.25, 0.3) is 117 Å². The topological polar surface area (TPSA) is 56.2 Å². The number of nitrogens with zero attached hydrogens (tertiary/aromatic N) is 4. The van der Waals surface area contributed by atoms with Crippen molar-refractivity contribution < 1.29 is 4.42 Å². The fourth-order valence-electron chi connectivity index (χ4n) is 9.01. The van der Waals surface area contributed by atoms with Crippen molar-refractivity contribution >= 4 is 38.2 Å². The van der Waals surface area contributed by atoms with Gasteiger partial charge in [-0.15, -0.1) is 0 Å². The Labute approximate surface area is 357 Å². The first-order valence-electron chi connectivity index (χ1n) is 20.9. The molecule has 290 valence electrons. The van der Waals surface area contributed by atoms with Crippen molar-refractivity contribution in [2.75, 3.05) is 0 Å². The van der Waals surface area contributed by atoms with Crippen LogP contribution in [-0.4, -0.2) is 19.6 Å². The number of fused-ring (bicyclic) bond motifs is 6. The average Bonchev–Trinajstić information content (AvgIpc) is 3.95. The zero-order chi connectivity index (χ0) is 41.0. The van der Waals surface area contributed by atoms with Crippen molar-refractivity contribution in [1.29, 1.82) is 0 Å².